The topological polar surface area (TPSA) is 86.3 Å². The van der Waals surface area contributed by atoms with Gasteiger partial charge in [0.15, 0.2) is 0 Å². The number of fused-ring (bicyclic) bond motifs is 1. The normalized spacial score (nSPS) is 15.1. The number of benzene rings is 3. The summed E-state index contributed by atoms with van der Waals surface area (Å²) in [5.74, 6) is -1.32. The van der Waals surface area contributed by atoms with Crippen molar-refractivity contribution in [3.8, 4) is 11.3 Å². The molecule has 0 spiro atoms. The van der Waals surface area contributed by atoms with Crippen molar-refractivity contribution in [2.45, 2.75) is 13.0 Å². The number of H-pyrrole nitrogens is 1. The largest absolute Gasteiger partial charge is 0.478 e. The molecule has 4 aromatic rings. The summed E-state index contributed by atoms with van der Waals surface area (Å²) in [4.78, 5) is 26.4. The number of aromatic amines is 1. The van der Waals surface area contributed by atoms with E-state index in [1.54, 1.807) is 35.2 Å². The van der Waals surface area contributed by atoms with Crippen molar-refractivity contribution in [1.29, 1.82) is 0 Å². The van der Waals surface area contributed by atoms with Gasteiger partial charge in [0.2, 0.25) is 0 Å². The molecule has 0 fully saturated rings. The Morgan fingerprint density at radius 3 is 2.36 bits per heavy atom. The van der Waals surface area contributed by atoms with Gasteiger partial charge >= 0.3 is 5.97 Å². The van der Waals surface area contributed by atoms with E-state index in [1.807, 2.05) is 31.2 Å². The van der Waals surface area contributed by atoms with Crippen LogP contribution in [0.5, 0.6) is 0 Å². The molecule has 0 aliphatic carbocycles. The predicted molar refractivity (Wildman–Crippen MR) is 127 cm³/mol. The molecular formula is C25H17Cl2N3O3. The van der Waals surface area contributed by atoms with Gasteiger partial charge in [-0.3, -0.25) is 14.8 Å². The zero-order valence-electron chi connectivity index (χ0n) is 17.3. The smallest absolute Gasteiger partial charge is 0.335 e. The van der Waals surface area contributed by atoms with E-state index in [4.69, 9.17) is 23.2 Å². The maximum absolute atomic E-state index is 13.5. The Balaban J connectivity index is 1.71. The van der Waals surface area contributed by atoms with E-state index < -0.39 is 12.0 Å². The summed E-state index contributed by atoms with van der Waals surface area (Å²) in [5.41, 5.74) is 5.06. The Kier molecular flexibility index (Phi) is 5.19. The third-order valence-corrected chi connectivity index (χ3v) is 6.31. The number of halogens is 2. The third kappa shape index (κ3) is 3.57. The van der Waals surface area contributed by atoms with E-state index in [9.17, 15) is 14.7 Å². The number of nitrogens with zero attached hydrogens (tertiary/aromatic N) is 2. The minimum absolute atomic E-state index is 0.131. The number of carboxylic acids is 1. The van der Waals surface area contributed by atoms with E-state index in [0.29, 0.717) is 38.2 Å². The van der Waals surface area contributed by atoms with Crippen molar-refractivity contribution in [2.24, 2.45) is 0 Å². The number of rotatable bonds is 4. The fourth-order valence-electron chi connectivity index (χ4n) is 4.13. The van der Waals surface area contributed by atoms with Gasteiger partial charge in [-0.1, -0.05) is 59.1 Å². The lowest BCUT2D eigenvalue weighted by Gasteiger charge is -2.27. The van der Waals surface area contributed by atoms with Crippen molar-refractivity contribution < 1.29 is 14.7 Å². The molecule has 0 saturated carbocycles. The SMILES string of the molecule is Cc1ccc(-c2n[nH]c3c2[C@H](c2ccc(Cl)cc2Cl)N(c2ccc(C(=O)O)cc2)C3=O)cc1. The Labute approximate surface area is 199 Å². The monoisotopic (exact) mass is 477 g/mol. The Bertz CT molecular complexity index is 1400. The Morgan fingerprint density at radius 2 is 1.73 bits per heavy atom. The second-order valence-corrected chi connectivity index (χ2v) is 8.67. The molecule has 1 atom stereocenters. The van der Waals surface area contributed by atoms with Gasteiger partial charge < -0.3 is 5.11 Å². The lowest BCUT2D eigenvalue weighted by molar-refractivity contribution is 0.0696. The highest BCUT2D eigenvalue weighted by molar-refractivity contribution is 6.35. The fraction of sp³-hybridized carbons (Fsp3) is 0.0800. The molecule has 1 aromatic heterocycles. The fourth-order valence-corrected chi connectivity index (χ4v) is 4.64. The molecule has 0 unspecified atom stereocenters. The Morgan fingerprint density at radius 1 is 1.03 bits per heavy atom. The first-order valence-electron chi connectivity index (χ1n) is 10.1. The molecular weight excluding hydrogens is 461 g/mol. The first kappa shape index (κ1) is 21.2. The number of aromatic nitrogens is 2. The number of nitrogens with one attached hydrogen (secondary N) is 1. The van der Waals surface area contributed by atoms with Crippen LogP contribution in [0, 0.1) is 6.92 Å². The van der Waals surface area contributed by atoms with Gasteiger partial charge in [-0.15, -0.1) is 0 Å². The molecule has 1 aliphatic rings. The van der Waals surface area contributed by atoms with Gasteiger partial charge in [-0.2, -0.15) is 5.10 Å². The highest BCUT2D eigenvalue weighted by atomic mass is 35.5. The minimum Gasteiger partial charge on any atom is -0.478 e. The van der Waals surface area contributed by atoms with E-state index in [-0.39, 0.29) is 11.5 Å². The maximum Gasteiger partial charge on any atom is 0.335 e. The number of carbonyl (C=O) groups excluding carboxylic acids is 1. The van der Waals surface area contributed by atoms with E-state index >= 15 is 0 Å². The van der Waals surface area contributed by atoms with Gasteiger partial charge in [0.25, 0.3) is 5.91 Å². The van der Waals surface area contributed by atoms with Crippen molar-refractivity contribution in [3.05, 3.63) is 105 Å². The molecule has 0 saturated heterocycles. The maximum atomic E-state index is 13.5. The van der Waals surface area contributed by atoms with Crippen LogP contribution >= 0.6 is 23.2 Å². The molecule has 1 aliphatic heterocycles. The van der Waals surface area contributed by atoms with Crippen LogP contribution in [-0.2, 0) is 0 Å². The van der Waals surface area contributed by atoms with Gasteiger partial charge in [-0.25, -0.2) is 4.79 Å². The van der Waals surface area contributed by atoms with Gasteiger partial charge in [0.1, 0.15) is 5.69 Å². The average Bonchev–Trinajstić information content (AvgIpc) is 3.34. The molecule has 2 heterocycles. The lowest BCUT2D eigenvalue weighted by Crippen LogP contribution is -2.29. The first-order chi connectivity index (χ1) is 15.8. The molecule has 1 amide bonds. The van der Waals surface area contributed by atoms with E-state index in [2.05, 4.69) is 10.2 Å². The summed E-state index contributed by atoms with van der Waals surface area (Å²) in [6.45, 7) is 2.00. The molecule has 33 heavy (non-hydrogen) atoms. The average molecular weight is 478 g/mol. The summed E-state index contributed by atoms with van der Waals surface area (Å²) >= 11 is 12.7. The molecule has 8 heteroatoms. The van der Waals surface area contributed by atoms with E-state index in [0.717, 1.165) is 11.1 Å². The van der Waals surface area contributed by atoms with Crippen LogP contribution in [-0.4, -0.2) is 27.2 Å². The van der Waals surface area contributed by atoms with Crippen LogP contribution in [0.3, 0.4) is 0 Å². The number of aromatic carboxylic acids is 1. The number of amides is 1. The highest BCUT2D eigenvalue weighted by Gasteiger charge is 2.43. The zero-order chi connectivity index (χ0) is 23.3. The van der Waals surface area contributed by atoms with Crippen molar-refractivity contribution in [1.82, 2.24) is 10.2 Å². The molecule has 3 aromatic carbocycles. The van der Waals surface area contributed by atoms with Gasteiger partial charge in [-0.05, 0) is 48.9 Å². The Hall–Kier alpha value is -3.61. The van der Waals surface area contributed by atoms with Crippen LogP contribution in [0.2, 0.25) is 10.0 Å². The van der Waals surface area contributed by atoms with Crippen LogP contribution in [0.15, 0.2) is 66.7 Å². The molecule has 0 bridgehead atoms. The van der Waals surface area contributed by atoms with Crippen LogP contribution in [0.4, 0.5) is 5.69 Å². The number of carbonyl (C=O) groups is 2. The third-order valence-electron chi connectivity index (χ3n) is 5.74. The summed E-state index contributed by atoms with van der Waals surface area (Å²) in [6, 6.07) is 18.6. The quantitative estimate of drug-likeness (QED) is 0.369. The highest BCUT2D eigenvalue weighted by Crippen LogP contribution is 2.47. The summed E-state index contributed by atoms with van der Waals surface area (Å²) < 4.78 is 0. The molecule has 2 N–H and O–H groups in total. The number of hydrogen-bond donors (Lipinski definition) is 2. The standard InChI is InChI=1S/C25H17Cl2N3O3/c1-13-2-4-14(5-3-13)21-20-22(29-28-21)24(31)30(17-9-6-15(7-10-17)25(32)33)23(20)18-11-8-16(26)12-19(18)27/h2-12,23H,1H3,(H,28,29)(H,32,33)/t23-/m0/s1. The molecule has 164 valence electrons. The van der Waals surface area contributed by atoms with Crippen molar-refractivity contribution in [2.75, 3.05) is 4.90 Å². The van der Waals surface area contributed by atoms with E-state index in [1.165, 1.54) is 12.1 Å². The summed E-state index contributed by atoms with van der Waals surface area (Å²) in [5, 5.41) is 17.5. The minimum atomic E-state index is -1.04. The molecule has 6 nitrogen and oxygen atoms in total. The van der Waals surface area contributed by atoms with Crippen molar-refractivity contribution >= 4 is 40.8 Å². The van der Waals surface area contributed by atoms with Crippen molar-refractivity contribution in [3.63, 3.8) is 0 Å². The number of anilines is 1. The second-order valence-electron chi connectivity index (χ2n) is 7.82. The molecule has 5 rings (SSSR count). The zero-order valence-corrected chi connectivity index (χ0v) is 18.9. The summed E-state index contributed by atoms with van der Waals surface area (Å²) in [7, 11) is 0. The van der Waals surface area contributed by atoms with Gasteiger partial charge in [0.05, 0.1) is 17.3 Å². The van der Waals surface area contributed by atoms with Crippen LogP contribution < -0.4 is 4.90 Å². The predicted octanol–water partition coefficient (Wildman–Crippen LogP) is 6.14. The first-order valence-corrected chi connectivity index (χ1v) is 10.9. The number of carboxylic acid groups (broad SMARTS) is 1. The molecule has 0 radical (unpaired) electrons. The number of aryl methyl sites for hydroxylation is 1. The second kappa shape index (κ2) is 8.06. The van der Waals surface area contributed by atoms with Crippen LogP contribution in [0.1, 0.15) is 43.6 Å². The van der Waals surface area contributed by atoms with Crippen LogP contribution in [0.25, 0.3) is 11.3 Å². The summed E-state index contributed by atoms with van der Waals surface area (Å²) in [6.07, 6.45) is 0. The number of hydrogen-bond acceptors (Lipinski definition) is 3. The van der Waals surface area contributed by atoms with Gasteiger partial charge in [0, 0.05) is 26.9 Å². The lowest BCUT2D eigenvalue weighted by atomic mass is 9.95.